The van der Waals surface area contributed by atoms with Crippen LogP contribution in [-0.2, 0) is 0 Å². The van der Waals surface area contributed by atoms with E-state index in [1.165, 1.54) is 18.2 Å². The molecule has 0 saturated carbocycles. The lowest BCUT2D eigenvalue weighted by Gasteiger charge is -2.29. The Morgan fingerprint density at radius 3 is 2.39 bits per heavy atom. The number of aliphatic hydroxyl groups excluding tert-OH is 1. The van der Waals surface area contributed by atoms with Crippen molar-refractivity contribution in [2.75, 3.05) is 0 Å². The molecule has 0 radical (unpaired) electrons. The molecule has 0 heterocycles. The van der Waals surface area contributed by atoms with Gasteiger partial charge in [0.25, 0.3) is 0 Å². The number of aliphatic hydroxyl groups is 1. The fraction of sp³-hybridized carbons (Fsp3) is 0.538. The van der Waals surface area contributed by atoms with Crippen LogP contribution in [-0.4, -0.2) is 11.1 Å². The van der Waals surface area contributed by atoms with E-state index in [1.807, 2.05) is 20.8 Å². The summed E-state index contributed by atoms with van der Waals surface area (Å²) in [4.78, 5) is 0. The zero-order valence-electron chi connectivity index (χ0n) is 10.8. The fourth-order valence-corrected chi connectivity index (χ4v) is 1.64. The average molecular weight is 296 g/mol. The Morgan fingerprint density at radius 1 is 1.39 bits per heavy atom. The molecule has 18 heavy (non-hydrogen) atoms. The standard InChI is InChI=1S/C13H19ClFNO.ClH/c1-13(2,3)12(16)7-11(17)8-4-5-10(15)9(14)6-8;/h4-6,11-12,17H,7,16H2,1-3H3;1H/t11-,12-;/m1./s1. The van der Waals surface area contributed by atoms with E-state index >= 15 is 0 Å². The maximum absolute atomic E-state index is 13.0. The zero-order valence-corrected chi connectivity index (χ0v) is 12.4. The molecule has 5 heteroatoms. The minimum atomic E-state index is -0.720. The summed E-state index contributed by atoms with van der Waals surface area (Å²) in [5, 5.41) is 10.0. The van der Waals surface area contributed by atoms with Crippen LogP contribution >= 0.6 is 24.0 Å². The van der Waals surface area contributed by atoms with Gasteiger partial charge in [0.15, 0.2) is 0 Å². The van der Waals surface area contributed by atoms with Crippen molar-refractivity contribution >= 4 is 24.0 Å². The van der Waals surface area contributed by atoms with Crippen molar-refractivity contribution in [1.82, 2.24) is 0 Å². The molecule has 0 bridgehead atoms. The van der Waals surface area contributed by atoms with E-state index in [1.54, 1.807) is 0 Å². The minimum absolute atomic E-state index is 0. The van der Waals surface area contributed by atoms with Gasteiger partial charge in [-0.3, -0.25) is 0 Å². The average Bonchev–Trinajstić information content (AvgIpc) is 2.20. The Bertz CT molecular complexity index is 393. The first-order valence-corrected chi connectivity index (χ1v) is 5.98. The molecule has 1 rings (SSSR count). The van der Waals surface area contributed by atoms with E-state index in [9.17, 15) is 9.50 Å². The molecule has 0 aromatic heterocycles. The van der Waals surface area contributed by atoms with Gasteiger partial charge < -0.3 is 10.8 Å². The first-order chi connectivity index (χ1) is 7.71. The van der Waals surface area contributed by atoms with E-state index in [4.69, 9.17) is 17.3 Å². The normalized spacial score (nSPS) is 14.8. The van der Waals surface area contributed by atoms with Crippen LogP contribution in [0, 0.1) is 11.2 Å². The molecule has 0 aliphatic rings. The highest BCUT2D eigenvalue weighted by Crippen LogP contribution is 2.28. The van der Waals surface area contributed by atoms with Crippen LogP contribution < -0.4 is 5.73 Å². The van der Waals surface area contributed by atoms with Gasteiger partial charge in [0, 0.05) is 6.04 Å². The lowest BCUT2D eigenvalue weighted by molar-refractivity contribution is 0.133. The second-order valence-corrected chi connectivity index (χ2v) is 5.80. The van der Waals surface area contributed by atoms with E-state index < -0.39 is 11.9 Å². The van der Waals surface area contributed by atoms with Crippen molar-refractivity contribution in [1.29, 1.82) is 0 Å². The molecule has 0 aliphatic heterocycles. The van der Waals surface area contributed by atoms with Crippen molar-refractivity contribution in [3.63, 3.8) is 0 Å². The highest BCUT2D eigenvalue weighted by Gasteiger charge is 2.24. The van der Waals surface area contributed by atoms with E-state index in [0.717, 1.165) is 0 Å². The van der Waals surface area contributed by atoms with Gasteiger partial charge in [-0.15, -0.1) is 12.4 Å². The quantitative estimate of drug-likeness (QED) is 0.893. The summed E-state index contributed by atoms with van der Waals surface area (Å²) in [6.07, 6.45) is -0.298. The molecular weight excluding hydrogens is 276 g/mol. The van der Waals surface area contributed by atoms with E-state index in [2.05, 4.69) is 0 Å². The zero-order chi connectivity index (χ0) is 13.2. The van der Waals surface area contributed by atoms with Gasteiger partial charge in [0.05, 0.1) is 11.1 Å². The Hall–Kier alpha value is -0.350. The monoisotopic (exact) mass is 295 g/mol. The third-order valence-electron chi connectivity index (χ3n) is 2.92. The van der Waals surface area contributed by atoms with Gasteiger partial charge in [0.1, 0.15) is 5.82 Å². The second-order valence-electron chi connectivity index (χ2n) is 5.40. The largest absolute Gasteiger partial charge is 0.388 e. The predicted molar refractivity (Wildman–Crippen MR) is 75.7 cm³/mol. The van der Waals surface area contributed by atoms with Crippen LogP contribution in [0.4, 0.5) is 4.39 Å². The third kappa shape index (κ3) is 4.73. The van der Waals surface area contributed by atoms with Crippen LogP contribution in [0.15, 0.2) is 18.2 Å². The van der Waals surface area contributed by atoms with Crippen molar-refractivity contribution in [3.8, 4) is 0 Å². The summed E-state index contributed by atoms with van der Waals surface area (Å²) >= 11 is 5.67. The summed E-state index contributed by atoms with van der Waals surface area (Å²) in [5.74, 6) is -0.484. The van der Waals surface area contributed by atoms with Crippen molar-refractivity contribution in [2.24, 2.45) is 11.1 Å². The molecule has 0 spiro atoms. The molecular formula is C13H20Cl2FNO. The molecule has 2 atom stereocenters. The van der Waals surface area contributed by atoms with E-state index in [0.29, 0.717) is 12.0 Å². The number of benzene rings is 1. The molecule has 2 nitrogen and oxygen atoms in total. The molecule has 0 amide bonds. The highest BCUT2D eigenvalue weighted by molar-refractivity contribution is 6.30. The Kier molecular flexibility index (Phi) is 6.58. The lowest BCUT2D eigenvalue weighted by Crippen LogP contribution is -2.36. The van der Waals surface area contributed by atoms with Crippen LogP contribution in [0.25, 0.3) is 0 Å². The lowest BCUT2D eigenvalue weighted by atomic mass is 9.83. The Morgan fingerprint density at radius 2 is 1.94 bits per heavy atom. The van der Waals surface area contributed by atoms with Crippen LogP contribution in [0.1, 0.15) is 38.9 Å². The maximum atomic E-state index is 13.0. The molecule has 0 saturated heterocycles. The SMILES string of the molecule is CC(C)(C)[C@H](N)C[C@@H](O)c1ccc(F)c(Cl)c1.Cl. The van der Waals surface area contributed by atoms with Crippen LogP contribution in [0.5, 0.6) is 0 Å². The molecule has 3 N–H and O–H groups in total. The van der Waals surface area contributed by atoms with Crippen molar-refractivity contribution < 1.29 is 9.50 Å². The van der Waals surface area contributed by atoms with Gasteiger partial charge in [-0.05, 0) is 29.5 Å². The summed E-state index contributed by atoms with van der Waals surface area (Å²) in [7, 11) is 0. The van der Waals surface area contributed by atoms with Crippen molar-refractivity contribution in [2.45, 2.75) is 39.3 Å². The summed E-state index contributed by atoms with van der Waals surface area (Å²) in [6.45, 7) is 6.05. The predicted octanol–water partition coefficient (Wildman–Crippen LogP) is 3.70. The summed E-state index contributed by atoms with van der Waals surface area (Å²) in [5.41, 5.74) is 6.50. The summed E-state index contributed by atoms with van der Waals surface area (Å²) < 4.78 is 13.0. The maximum Gasteiger partial charge on any atom is 0.141 e. The topological polar surface area (TPSA) is 46.2 Å². The third-order valence-corrected chi connectivity index (χ3v) is 3.21. The molecule has 1 aromatic carbocycles. The van der Waals surface area contributed by atoms with Gasteiger partial charge in [0.2, 0.25) is 0 Å². The van der Waals surface area contributed by atoms with Gasteiger partial charge in [-0.25, -0.2) is 4.39 Å². The highest BCUT2D eigenvalue weighted by atomic mass is 35.5. The fourth-order valence-electron chi connectivity index (χ4n) is 1.45. The molecule has 0 fully saturated rings. The van der Waals surface area contributed by atoms with Gasteiger partial charge >= 0.3 is 0 Å². The molecule has 104 valence electrons. The number of rotatable bonds is 3. The number of hydrogen-bond acceptors (Lipinski definition) is 2. The first kappa shape index (κ1) is 17.6. The first-order valence-electron chi connectivity index (χ1n) is 5.60. The smallest absolute Gasteiger partial charge is 0.141 e. The van der Waals surface area contributed by atoms with Crippen LogP contribution in [0.2, 0.25) is 5.02 Å². The summed E-state index contributed by atoms with van der Waals surface area (Å²) in [6, 6.07) is 4.09. The van der Waals surface area contributed by atoms with Gasteiger partial charge in [-0.1, -0.05) is 38.4 Å². The molecule has 0 unspecified atom stereocenters. The minimum Gasteiger partial charge on any atom is -0.388 e. The van der Waals surface area contributed by atoms with E-state index in [-0.39, 0.29) is 28.9 Å². The van der Waals surface area contributed by atoms with Gasteiger partial charge in [-0.2, -0.15) is 0 Å². The van der Waals surface area contributed by atoms with Crippen molar-refractivity contribution in [3.05, 3.63) is 34.6 Å². The second kappa shape index (κ2) is 6.71. The molecule has 0 aliphatic carbocycles. The Labute approximate surface area is 119 Å². The number of halogens is 3. The number of hydrogen-bond donors (Lipinski definition) is 2. The molecule has 1 aromatic rings. The van der Waals surface area contributed by atoms with Crippen LogP contribution in [0.3, 0.4) is 0 Å². The Balaban J connectivity index is 0.00000289. The number of nitrogens with two attached hydrogens (primary N) is 1.